The molecular formula is C12H17BF3KO2. The third kappa shape index (κ3) is 6.64. The number of rotatable bonds is 6. The fourth-order valence-electron chi connectivity index (χ4n) is 1.57. The zero-order chi connectivity index (χ0) is 13.8. The van der Waals surface area contributed by atoms with Crippen LogP contribution < -0.4 is 61.6 Å². The van der Waals surface area contributed by atoms with Crippen LogP contribution in [0.1, 0.15) is 18.9 Å². The van der Waals surface area contributed by atoms with E-state index in [4.69, 9.17) is 9.47 Å². The van der Waals surface area contributed by atoms with Crippen LogP contribution in [-0.4, -0.2) is 26.8 Å². The molecule has 0 bridgehead atoms. The maximum atomic E-state index is 12.5. The van der Waals surface area contributed by atoms with Gasteiger partial charge in [-0.1, -0.05) is 12.1 Å². The predicted molar refractivity (Wildman–Crippen MR) is 66.5 cm³/mol. The summed E-state index contributed by atoms with van der Waals surface area (Å²) in [6.45, 7) is -0.913. The smallest absolute Gasteiger partial charge is 0.490 e. The van der Waals surface area contributed by atoms with Crippen LogP contribution in [0.15, 0.2) is 18.2 Å². The van der Waals surface area contributed by atoms with E-state index in [2.05, 4.69) is 0 Å². The molecule has 1 rings (SSSR count). The number of hydrogen-bond donors (Lipinski definition) is 0. The molecule has 2 nitrogen and oxygen atoms in total. The first-order valence-electron chi connectivity index (χ1n) is 5.80. The molecule has 1 aromatic rings. The second-order valence-corrected chi connectivity index (χ2v) is 4.31. The molecule has 7 heteroatoms. The maximum Gasteiger partial charge on any atom is 1.00 e. The van der Waals surface area contributed by atoms with Gasteiger partial charge in [-0.2, -0.15) is 0 Å². The molecule has 0 fully saturated rings. The molecule has 1 atom stereocenters. The number of ether oxygens (including phenoxy) is 2. The van der Waals surface area contributed by atoms with Gasteiger partial charge in [-0.3, -0.25) is 0 Å². The first-order chi connectivity index (χ1) is 8.34. The monoisotopic (exact) mass is 300 g/mol. The van der Waals surface area contributed by atoms with E-state index in [0.717, 1.165) is 12.1 Å². The Kier molecular flexibility index (Phi) is 8.91. The molecule has 0 aliphatic heterocycles. The van der Waals surface area contributed by atoms with Crippen LogP contribution in [0.5, 0.6) is 5.75 Å². The van der Waals surface area contributed by atoms with Gasteiger partial charge in [0.15, 0.2) is 0 Å². The zero-order valence-corrected chi connectivity index (χ0v) is 14.9. The summed E-state index contributed by atoms with van der Waals surface area (Å²) in [5.41, 5.74) is -0.0969. The fraction of sp³-hybridized carbons (Fsp3) is 0.500. The Bertz CT molecular complexity index is 399. The molecule has 0 radical (unpaired) electrons. The van der Waals surface area contributed by atoms with E-state index in [-0.39, 0.29) is 57.5 Å². The third-order valence-corrected chi connectivity index (χ3v) is 2.63. The summed E-state index contributed by atoms with van der Waals surface area (Å²) in [5.74, 6) is 0.488. The maximum absolute atomic E-state index is 12.5. The Morgan fingerprint density at radius 3 is 2.37 bits per heavy atom. The van der Waals surface area contributed by atoms with E-state index >= 15 is 0 Å². The number of methoxy groups -OCH3 is 1. The number of benzene rings is 1. The van der Waals surface area contributed by atoms with Gasteiger partial charge in [0.05, 0.1) is 6.10 Å². The molecule has 0 aliphatic carbocycles. The van der Waals surface area contributed by atoms with Crippen molar-refractivity contribution in [1.82, 2.24) is 0 Å². The molecule has 0 saturated heterocycles. The molecular weight excluding hydrogens is 283 g/mol. The van der Waals surface area contributed by atoms with Crippen LogP contribution in [-0.2, 0) is 4.74 Å². The van der Waals surface area contributed by atoms with Crippen molar-refractivity contribution in [3.05, 3.63) is 23.8 Å². The Hall–Kier alpha value is 0.471. The van der Waals surface area contributed by atoms with Crippen molar-refractivity contribution in [3.8, 4) is 5.75 Å². The summed E-state index contributed by atoms with van der Waals surface area (Å²) < 4.78 is 48.1. The average molecular weight is 300 g/mol. The van der Waals surface area contributed by atoms with Gasteiger partial charge < -0.3 is 22.4 Å². The van der Waals surface area contributed by atoms with Crippen LogP contribution in [0.25, 0.3) is 0 Å². The van der Waals surface area contributed by atoms with E-state index < -0.39 is 12.4 Å². The van der Waals surface area contributed by atoms with Gasteiger partial charge in [0, 0.05) is 20.1 Å². The first kappa shape index (κ1) is 19.5. The first-order valence-corrected chi connectivity index (χ1v) is 5.80. The van der Waals surface area contributed by atoms with Gasteiger partial charge in [0.2, 0.25) is 0 Å². The van der Waals surface area contributed by atoms with E-state index in [9.17, 15) is 12.9 Å². The fourth-order valence-corrected chi connectivity index (χ4v) is 1.57. The number of halogens is 3. The van der Waals surface area contributed by atoms with Crippen LogP contribution in [0.3, 0.4) is 0 Å². The third-order valence-electron chi connectivity index (χ3n) is 2.63. The summed E-state index contributed by atoms with van der Waals surface area (Å²) in [4.78, 5) is 0. The van der Waals surface area contributed by atoms with Gasteiger partial charge in [-0.05, 0) is 25.5 Å². The van der Waals surface area contributed by atoms with Gasteiger partial charge in [0.1, 0.15) is 5.75 Å². The molecule has 1 aromatic carbocycles. The molecule has 0 heterocycles. The predicted octanol–water partition coefficient (Wildman–Crippen LogP) is -0.143. The second-order valence-electron chi connectivity index (χ2n) is 4.31. The molecule has 1 unspecified atom stereocenters. The molecule has 0 spiro atoms. The minimum Gasteiger partial charge on any atom is -0.490 e. The van der Waals surface area contributed by atoms with Gasteiger partial charge in [-0.15, -0.1) is 5.46 Å². The Morgan fingerprint density at radius 1 is 1.26 bits per heavy atom. The number of aryl methyl sites for hydroxylation is 1. The molecule has 0 saturated carbocycles. The van der Waals surface area contributed by atoms with Crippen molar-refractivity contribution in [1.29, 1.82) is 0 Å². The molecule has 0 amide bonds. The van der Waals surface area contributed by atoms with Crippen LogP contribution in [0.2, 0.25) is 0 Å². The van der Waals surface area contributed by atoms with E-state index in [1.807, 2.05) is 6.92 Å². The van der Waals surface area contributed by atoms with Gasteiger partial charge in [0.25, 0.3) is 0 Å². The average Bonchev–Trinajstić information content (AvgIpc) is 2.27. The van der Waals surface area contributed by atoms with Gasteiger partial charge in [-0.25, -0.2) is 0 Å². The summed E-state index contributed by atoms with van der Waals surface area (Å²) in [5, 5.41) is 0. The quantitative estimate of drug-likeness (QED) is 0.681. The topological polar surface area (TPSA) is 18.5 Å². The minimum absolute atomic E-state index is 0. The minimum atomic E-state index is -4.95. The van der Waals surface area contributed by atoms with Crippen molar-refractivity contribution >= 4 is 12.4 Å². The Labute approximate surface area is 154 Å². The molecule has 0 aromatic heterocycles. The Balaban J connectivity index is 0.00000324. The van der Waals surface area contributed by atoms with Crippen molar-refractivity contribution in [2.75, 3.05) is 13.7 Å². The summed E-state index contributed by atoms with van der Waals surface area (Å²) >= 11 is 0. The van der Waals surface area contributed by atoms with E-state index in [1.54, 1.807) is 14.0 Å². The normalized spacial score (nSPS) is 12.7. The van der Waals surface area contributed by atoms with E-state index in [1.165, 1.54) is 6.07 Å². The van der Waals surface area contributed by atoms with Crippen molar-refractivity contribution in [2.24, 2.45) is 0 Å². The largest absolute Gasteiger partial charge is 1.00 e. The molecule has 19 heavy (non-hydrogen) atoms. The Morgan fingerprint density at radius 2 is 1.89 bits per heavy atom. The summed E-state index contributed by atoms with van der Waals surface area (Å²) in [6.07, 6.45) is 0.604. The zero-order valence-electron chi connectivity index (χ0n) is 11.8. The van der Waals surface area contributed by atoms with Crippen molar-refractivity contribution < 1.29 is 73.8 Å². The number of hydrogen-bond acceptors (Lipinski definition) is 2. The van der Waals surface area contributed by atoms with Gasteiger partial charge >= 0.3 is 58.4 Å². The standard InChI is InChI=1S/C12H17BF3O2.K/c1-9-8-11(13(14,15)16)4-5-12(9)18-10(2)6-7-17-3;/h4-5,8,10H,6-7H2,1-3H3;/q-1;+1. The van der Waals surface area contributed by atoms with Crippen LogP contribution in [0.4, 0.5) is 12.9 Å². The van der Waals surface area contributed by atoms with E-state index in [0.29, 0.717) is 24.3 Å². The van der Waals surface area contributed by atoms with Crippen LogP contribution in [0, 0.1) is 6.92 Å². The second kappa shape index (κ2) is 8.69. The van der Waals surface area contributed by atoms with Crippen LogP contribution >= 0.6 is 0 Å². The summed E-state index contributed by atoms with van der Waals surface area (Å²) in [7, 11) is 1.60. The molecule has 0 aliphatic rings. The molecule has 102 valence electrons. The molecule has 0 N–H and O–H groups in total. The SMILES string of the molecule is COCCC(C)Oc1ccc([B-](F)(F)F)cc1C.[K+]. The van der Waals surface area contributed by atoms with Crippen molar-refractivity contribution in [3.63, 3.8) is 0 Å². The summed E-state index contributed by atoms with van der Waals surface area (Å²) in [6, 6.07) is 3.56. The van der Waals surface area contributed by atoms with Crippen molar-refractivity contribution in [2.45, 2.75) is 26.4 Å².